The predicted molar refractivity (Wildman–Crippen MR) is 55.3 cm³/mol. The van der Waals surface area contributed by atoms with Gasteiger partial charge in [-0.3, -0.25) is 4.99 Å². The zero-order valence-electron chi connectivity index (χ0n) is 7.99. The quantitative estimate of drug-likeness (QED) is 0.353. The van der Waals surface area contributed by atoms with Gasteiger partial charge in [0.15, 0.2) is 0 Å². The first-order valence-electron chi connectivity index (χ1n) is 3.84. The maximum Gasteiger partial charge on any atom is 0.0883 e. The normalized spacial score (nSPS) is 11.9. The third-order valence-corrected chi connectivity index (χ3v) is 1.20. The second-order valence-electron chi connectivity index (χ2n) is 2.43. The molecule has 0 bridgehead atoms. The molecule has 12 heavy (non-hydrogen) atoms. The van der Waals surface area contributed by atoms with Gasteiger partial charge in [0, 0.05) is 20.3 Å². The zero-order valence-corrected chi connectivity index (χ0v) is 7.99. The van der Waals surface area contributed by atoms with E-state index in [1.54, 1.807) is 13.4 Å². The fourth-order valence-corrected chi connectivity index (χ4v) is 0.704. The van der Waals surface area contributed by atoms with Crippen LogP contribution in [-0.4, -0.2) is 25.3 Å². The molecule has 0 unspecified atom stereocenters. The van der Waals surface area contributed by atoms with Crippen LogP contribution in [0.4, 0.5) is 0 Å². The molecule has 2 nitrogen and oxygen atoms in total. The van der Waals surface area contributed by atoms with E-state index in [1.165, 1.54) is 0 Å². The smallest absolute Gasteiger partial charge is 0.0883 e. The molecule has 0 rings (SSSR count). The summed E-state index contributed by atoms with van der Waals surface area (Å²) in [7, 11) is 3.66. The molecule has 0 radical (unpaired) electrons. The van der Waals surface area contributed by atoms with Gasteiger partial charge in [0.2, 0.25) is 0 Å². The summed E-state index contributed by atoms with van der Waals surface area (Å²) in [5.41, 5.74) is 0.980. The fraction of sp³-hybridized carbons (Fsp3) is 0.300. The van der Waals surface area contributed by atoms with E-state index in [9.17, 15) is 0 Å². The Morgan fingerprint density at radius 3 is 2.58 bits per heavy atom. The van der Waals surface area contributed by atoms with Crippen molar-refractivity contribution in [1.82, 2.24) is 4.90 Å². The van der Waals surface area contributed by atoms with Crippen molar-refractivity contribution in [2.24, 2.45) is 4.99 Å². The summed E-state index contributed by atoms with van der Waals surface area (Å²) < 4.78 is 0. The average molecular weight is 164 g/mol. The van der Waals surface area contributed by atoms with Gasteiger partial charge in [0.05, 0.1) is 6.34 Å². The molecule has 0 N–H and O–H groups in total. The molecule has 0 fully saturated rings. The van der Waals surface area contributed by atoms with Crippen molar-refractivity contribution in [3.8, 4) is 0 Å². The molecular formula is C10H16N2. The van der Waals surface area contributed by atoms with Crippen molar-refractivity contribution < 1.29 is 0 Å². The van der Waals surface area contributed by atoms with Gasteiger partial charge in [-0.2, -0.15) is 0 Å². The van der Waals surface area contributed by atoms with Crippen molar-refractivity contribution in [3.05, 3.63) is 36.6 Å². The first-order valence-corrected chi connectivity index (χ1v) is 3.84. The highest BCUT2D eigenvalue weighted by atomic mass is 15.1. The maximum absolute atomic E-state index is 3.86. The topological polar surface area (TPSA) is 15.6 Å². The van der Waals surface area contributed by atoms with Crippen molar-refractivity contribution in [2.75, 3.05) is 14.1 Å². The van der Waals surface area contributed by atoms with Crippen LogP contribution in [0.1, 0.15) is 6.92 Å². The van der Waals surface area contributed by atoms with E-state index in [4.69, 9.17) is 0 Å². The van der Waals surface area contributed by atoms with E-state index in [0.29, 0.717) is 0 Å². The molecule has 0 aliphatic heterocycles. The summed E-state index contributed by atoms with van der Waals surface area (Å²) >= 11 is 0. The molecule has 0 aliphatic rings. The van der Waals surface area contributed by atoms with E-state index in [1.807, 2.05) is 43.3 Å². The summed E-state index contributed by atoms with van der Waals surface area (Å²) in [5, 5.41) is 0. The Balaban J connectivity index is 3.97. The van der Waals surface area contributed by atoms with Crippen LogP contribution in [0.2, 0.25) is 0 Å². The lowest BCUT2D eigenvalue weighted by molar-refractivity contribution is 0.708. The van der Waals surface area contributed by atoms with Gasteiger partial charge in [-0.25, -0.2) is 0 Å². The summed E-state index contributed by atoms with van der Waals surface area (Å²) in [4.78, 5) is 5.73. The van der Waals surface area contributed by atoms with Crippen LogP contribution in [0.3, 0.4) is 0 Å². The minimum Gasteiger partial charge on any atom is -0.342 e. The van der Waals surface area contributed by atoms with Crippen LogP contribution in [0.25, 0.3) is 0 Å². The molecule has 0 aromatic carbocycles. The molecule has 0 saturated heterocycles. The van der Waals surface area contributed by atoms with Gasteiger partial charge in [-0.15, -0.1) is 0 Å². The third-order valence-electron chi connectivity index (χ3n) is 1.20. The molecule has 0 aromatic rings. The van der Waals surface area contributed by atoms with Crippen LogP contribution in [0.5, 0.6) is 0 Å². The number of hydrogen-bond donors (Lipinski definition) is 0. The standard InChI is InChI=1S/C10H16N2/c1-5-6-10(2)7-8-12(4)9-11-3/h5-9H,2H2,1,3-4H3/b6-5-,8-7+,11-9?. The first-order chi connectivity index (χ1) is 5.70. The number of allylic oxidation sites excluding steroid dienone is 4. The van der Waals surface area contributed by atoms with Gasteiger partial charge >= 0.3 is 0 Å². The Labute approximate surface area is 74.6 Å². The van der Waals surface area contributed by atoms with Crippen LogP contribution in [0, 0.1) is 0 Å². The van der Waals surface area contributed by atoms with Crippen molar-refractivity contribution in [3.63, 3.8) is 0 Å². The molecule has 0 saturated carbocycles. The Morgan fingerprint density at radius 2 is 2.08 bits per heavy atom. The highest BCUT2D eigenvalue weighted by Gasteiger charge is 1.82. The zero-order chi connectivity index (χ0) is 9.40. The third kappa shape index (κ3) is 5.47. The molecule has 2 heteroatoms. The van der Waals surface area contributed by atoms with E-state index in [-0.39, 0.29) is 0 Å². The van der Waals surface area contributed by atoms with Gasteiger partial charge < -0.3 is 4.90 Å². The van der Waals surface area contributed by atoms with Crippen molar-refractivity contribution >= 4 is 6.34 Å². The lowest BCUT2D eigenvalue weighted by Gasteiger charge is -2.04. The van der Waals surface area contributed by atoms with Gasteiger partial charge in [-0.1, -0.05) is 18.7 Å². The average Bonchev–Trinajstić information content (AvgIpc) is 2.02. The number of nitrogens with zero attached hydrogens (tertiary/aromatic N) is 2. The Morgan fingerprint density at radius 1 is 1.42 bits per heavy atom. The summed E-state index contributed by atoms with van der Waals surface area (Å²) in [6, 6.07) is 0. The van der Waals surface area contributed by atoms with Gasteiger partial charge in [0.25, 0.3) is 0 Å². The molecule has 0 atom stereocenters. The molecular weight excluding hydrogens is 148 g/mol. The van der Waals surface area contributed by atoms with Crippen molar-refractivity contribution in [1.29, 1.82) is 0 Å². The molecule has 0 aromatic heterocycles. The summed E-state index contributed by atoms with van der Waals surface area (Å²) in [6.07, 6.45) is 9.49. The largest absolute Gasteiger partial charge is 0.342 e. The molecule has 66 valence electrons. The Kier molecular flexibility index (Phi) is 5.70. The van der Waals surface area contributed by atoms with Crippen LogP contribution in [-0.2, 0) is 0 Å². The predicted octanol–water partition coefficient (Wildman–Crippen LogP) is 2.22. The molecule has 0 spiro atoms. The van der Waals surface area contributed by atoms with E-state index >= 15 is 0 Å². The first kappa shape index (κ1) is 10.7. The highest BCUT2D eigenvalue weighted by molar-refractivity contribution is 5.55. The summed E-state index contributed by atoms with van der Waals surface area (Å²) in [6.45, 7) is 5.80. The number of aliphatic imine (C=N–C) groups is 1. The van der Waals surface area contributed by atoms with Crippen LogP contribution in [0.15, 0.2) is 41.6 Å². The van der Waals surface area contributed by atoms with E-state index in [2.05, 4.69) is 11.6 Å². The lowest BCUT2D eigenvalue weighted by Crippen LogP contribution is -2.06. The number of hydrogen-bond acceptors (Lipinski definition) is 1. The SMILES string of the molecule is C=C(/C=C\C)/C=C/N(C)C=NC. The van der Waals surface area contributed by atoms with Gasteiger partial charge in [0.1, 0.15) is 0 Å². The summed E-state index contributed by atoms with van der Waals surface area (Å²) in [5.74, 6) is 0. The fourth-order valence-electron chi connectivity index (χ4n) is 0.704. The minimum atomic E-state index is 0.980. The maximum atomic E-state index is 3.86. The van der Waals surface area contributed by atoms with Crippen molar-refractivity contribution in [2.45, 2.75) is 6.92 Å². The van der Waals surface area contributed by atoms with E-state index in [0.717, 1.165) is 5.57 Å². The van der Waals surface area contributed by atoms with Crippen LogP contribution < -0.4 is 0 Å². The molecule has 0 heterocycles. The molecule has 0 aliphatic carbocycles. The van der Waals surface area contributed by atoms with E-state index < -0.39 is 0 Å². The Bertz CT molecular complexity index is 212. The van der Waals surface area contributed by atoms with Gasteiger partial charge in [-0.05, 0) is 18.6 Å². The highest BCUT2D eigenvalue weighted by Crippen LogP contribution is 1.95. The Hall–Kier alpha value is -1.31. The second-order valence-corrected chi connectivity index (χ2v) is 2.43. The lowest BCUT2D eigenvalue weighted by atomic mass is 10.3. The minimum absolute atomic E-state index is 0.980. The number of rotatable bonds is 4. The second kappa shape index (κ2) is 6.40. The monoisotopic (exact) mass is 164 g/mol. The molecule has 0 amide bonds. The van der Waals surface area contributed by atoms with Crippen LogP contribution >= 0.6 is 0 Å².